The highest BCUT2D eigenvalue weighted by atomic mass is 16.2. The highest BCUT2D eigenvalue weighted by Gasteiger charge is 2.42. The molecular weight excluding hydrogens is 276 g/mol. The minimum Gasteiger partial charge on any atom is -0.337 e. The summed E-state index contributed by atoms with van der Waals surface area (Å²) < 4.78 is 0. The predicted octanol–water partition coefficient (Wildman–Crippen LogP) is 1.74. The van der Waals surface area contributed by atoms with Gasteiger partial charge in [0, 0.05) is 31.4 Å². The number of hydrazine groups is 1. The van der Waals surface area contributed by atoms with Crippen molar-refractivity contribution in [3.8, 4) is 0 Å². The van der Waals surface area contributed by atoms with Gasteiger partial charge in [0.05, 0.1) is 0 Å². The summed E-state index contributed by atoms with van der Waals surface area (Å²) in [4.78, 5) is 18.9. The van der Waals surface area contributed by atoms with E-state index in [2.05, 4.69) is 29.7 Å². The Morgan fingerprint density at radius 2 is 2.09 bits per heavy atom. The fraction of sp³-hybridized carbons (Fsp3) is 0.647. The number of nitrogens with zero attached hydrogens (tertiary/aromatic N) is 2. The molecule has 2 unspecified atom stereocenters. The van der Waals surface area contributed by atoms with Gasteiger partial charge in [0.15, 0.2) is 0 Å². The molecule has 2 saturated heterocycles. The van der Waals surface area contributed by atoms with Gasteiger partial charge in [-0.1, -0.05) is 19.9 Å². The smallest absolute Gasteiger partial charge is 0.272 e. The Balaban J connectivity index is 1.65. The molecule has 1 aromatic rings. The van der Waals surface area contributed by atoms with Crippen LogP contribution in [0.3, 0.4) is 0 Å². The van der Waals surface area contributed by atoms with Crippen LogP contribution in [-0.4, -0.2) is 41.5 Å². The number of aryl methyl sites for hydroxylation is 1. The number of likely N-dealkylation sites (tertiary alicyclic amines) is 1. The second-order valence-corrected chi connectivity index (χ2v) is 7.09. The van der Waals surface area contributed by atoms with Crippen molar-refractivity contribution in [3.63, 3.8) is 0 Å². The second kappa shape index (κ2) is 5.97. The SMILES string of the molecule is Cc1cccc(C(=O)N2CCC(C)(C3NNCC3C)CC2)n1. The summed E-state index contributed by atoms with van der Waals surface area (Å²) in [6, 6.07) is 6.12. The van der Waals surface area contributed by atoms with E-state index >= 15 is 0 Å². The van der Waals surface area contributed by atoms with Crippen LogP contribution in [0.4, 0.5) is 0 Å². The van der Waals surface area contributed by atoms with Crippen molar-refractivity contribution < 1.29 is 4.79 Å². The van der Waals surface area contributed by atoms with E-state index in [1.54, 1.807) is 0 Å². The quantitative estimate of drug-likeness (QED) is 0.874. The van der Waals surface area contributed by atoms with Crippen LogP contribution in [0.2, 0.25) is 0 Å². The molecule has 2 atom stereocenters. The molecular formula is C17H26N4O. The van der Waals surface area contributed by atoms with Gasteiger partial charge in [-0.25, -0.2) is 4.98 Å². The van der Waals surface area contributed by atoms with Crippen molar-refractivity contribution in [2.45, 2.75) is 39.7 Å². The topological polar surface area (TPSA) is 57.3 Å². The zero-order valence-electron chi connectivity index (χ0n) is 13.7. The van der Waals surface area contributed by atoms with E-state index in [-0.39, 0.29) is 11.3 Å². The van der Waals surface area contributed by atoms with Gasteiger partial charge in [-0.3, -0.25) is 15.6 Å². The molecule has 1 aromatic heterocycles. The molecule has 0 radical (unpaired) electrons. The summed E-state index contributed by atoms with van der Waals surface area (Å²) in [6.07, 6.45) is 2.07. The lowest BCUT2D eigenvalue weighted by Gasteiger charge is -2.44. The summed E-state index contributed by atoms with van der Waals surface area (Å²) in [6.45, 7) is 9.21. The number of nitrogens with one attached hydrogen (secondary N) is 2. The molecule has 2 N–H and O–H groups in total. The number of piperidine rings is 1. The fourth-order valence-corrected chi connectivity index (χ4v) is 3.81. The van der Waals surface area contributed by atoms with Crippen LogP contribution in [0.15, 0.2) is 18.2 Å². The summed E-state index contributed by atoms with van der Waals surface area (Å²) in [5.41, 5.74) is 8.41. The van der Waals surface area contributed by atoms with E-state index in [0.717, 1.165) is 38.2 Å². The molecule has 120 valence electrons. The second-order valence-electron chi connectivity index (χ2n) is 7.09. The summed E-state index contributed by atoms with van der Waals surface area (Å²) in [5.74, 6) is 0.696. The molecule has 0 spiro atoms. The van der Waals surface area contributed by atoms with Crippen molar-refractivity contribution in [2.75, 3.05) is 19.6 Å². The molecule has 0 aromatic carbocycles. The zero-order chi connectivity index (χ0) is 15.7. The van der Waals surface area contributed by atoms with Gasteiger partial charge in [0.2, 0.25) is 0 Å². The number of hydrogen-bond donors (Lipinski definition) is 2. The van der Waals surface area contributed by atoms with Crippen LogP contribution in [-0.2, 0) is 0 Å². The van der Waals surface area contributed by atoms with E-state index in [0.29, 0.717) is 17.7 Å². The van der Waals surface area contributed by atoms with Gasteiger partial charge < -0.3 is 4.90 Å². The molecule has 0 aliphatic carbocycles. The van der Waals surface area contributed by atoms with Gasteiger partial charge >= 0.3 is 0 Å². The lowest BCUT2D eigenvalue weighted by atomic mass is 9.71. The fourth-order valence-electron chi connectivity index (χ4n) is 3.81. The van der Waals surface area contributed by atoms with Crippen LogP contribution in [0.1, 0.15) is 42.9 Å². The van der Waals surface area contributed by atoms with E-state index in [4.69, 9.17) is 0 Å². The normalized spacial score (nSPS) is 27.9. The van der Waals surface area contributed by atoms with Crippen molar-refractivity contribution in [1.82, 2.24) is 20.7 Å². The van der Waals surface area contributed by atoms with Crippen LogP contribution in [0.5, 0.6) is 0 Å². The highest BCUT2D eigenvalue weighted by molar-refractivity contribution is 5.92. The van der Waals surface area contributed by atoms with Gasteiger partial charge in [-0.05, 0) is 43.2 Å². The third-order valence-electron chi connectivity index (χ3n) is 5.30. The molecule has 0 saturated carbocycles. The zero-order valence-corrected chi connectivity index (χ0v) is 13.7. The third-order valence-corrected chi connectivity index (χ3v) is 5.30. The number of carbonyl (C=O) groups is 1. The van der Waals surface area contributed by atoms with E-state index in [9.17, 15) is 4.79 Å². The first-order valence-corrected chi connectivity index (χ1v) is 8.21. The number of aromatic nitrogens is 1. The molecule has 0 bridgehead atoms. The maximum absolute atomic E-state index is 12.6. The monoisotopic (exact) mass is 302 g/mol. The summed E-state index contributed by atoms with van der Waals surface area (Å²) in [5, 5.41) is 0. The van der Waals surface area contributed by atoms with Gasteiger partial charge in [0.25, 0.3) is 5.91 Å². The molecule has 5 heteroatoms. The first-order chi connectivity index (χ1) is 10.5. The van der Waals surface area contributed by atoms with Crippen molar-refractivity contribution in [1.29, 1.82) is 0 Å². The van der Waals surface area contributed by atoms with E-state index < -0.39 is 0 Å². The standard InChI is InChI=1S/C17H26N4O/c1-12-11-18-20-15(12)17(3)7-9-21(10-8-17)16(22)14-6-4-5-13(2)19-14/h4-6,12,15,18,20H,7-11H2,1-3H3. The molecule has 5 nitrogen and oxygen atoms in total. The lowest BCUT2D eigenvalue weighted by molar-refractivity contribution is 0.0493. The Morgan fingerprint density at radius 3 is 2.68 bits per heavy atom. The largest absolute Gasteiger partial charge is 0.337 e. The third kappa shape index (κ3) is 2.88. The first-order valence-electron chi connectivity index (χ1n) is 8.21. The first kappa shape index (κ1) is 15.4. The van der Waals surface area contributed by atoms with Gasteiger partial charge in [-0.2, -0.15) is 0 Å². The Hall–Kier alpha value is -1.46. The Morgan fingerprint density at radius 1 is 1.36 bits per heavy atom. The van der Waals surface area contributed by atoms with Crippen molar-refractivity contribution in [2.24, 2.45) is 11.3 Å². The Kier molecular flexibility index (Phi) is 4.19. The summed E-state index contributed by atoms with van der Waals surface area (Å²) >= 11 is 0. The predicted molar refractivity (Wildman–Crippen MR) is 86.3 cm³/mol. The van der Waals surface area contributed by atoms with Gasteiger partial charge in [0.1, 0.15) is 5.69 Å². The van der Waals surface area contributed by atoms with Crippen LogP contribution in [0, 0.1) is 18.3 Å². The van der Waals surface area contributed by atoms with Gasteiger partial charge in [-0.15, -0.1) is 0 Å². The summed E-state index contributed by atoms with van der Waals surface area (Å²) in [7, 11) is 0. The van der Waals surface area contributed by atoms with Crippen LogP contribution in [0.25, 0.3) is 0 Å². The van der Waals surface area contributed by atoms with Crippen LogP contribution < -0.4 is 10.9 Å². The molecule has 2 aliphatic rings. The average molecular weight is 302 g/mol. The van der Waals surface area contributed by atoms with Crippen molar-refractivity contribution in [3.05, 3.63) is 29.6 Å². The minimum absolute atomic E-state index is 0.0660. The Labute approximate surface area is 132 Å². The minimum atomic E-state index is 0.0660. The maximum atomic E-state index is 12.6. The molecule has 2 fully saturated rings. The number of carbonyl (C=O) groups excluding carboxylic acids is 1. The highest BCUT2D eigenvalue weighted by Crippen LogP contribution is 2.38. The Bertz CT molecular complexity index is 551. The van der Waals surface area contributed by atoms with E-state index in [1.807, 2.05) is 30.0 Å². The molecule has 1 amide bonds. The molecule has 2 aliphatic heterocycles. The number of pyridine rings is 1. The molecule has 3 rings (SSSR count). The number of rotatable bonds is 2. The lowest BCUT2D eigenvalue weighted by Crippen LogP contribution is -2.52. The van der Waals surface area contributed by atoms with Crippen LogP contribution >= 0.6 is 0 Å². The maximum Gasteiger partial charge on any atom is 0.272 e. The van der Waals surface area contributed by atoms with E-state index in [1.165, 1.54) is 0 Å². The number of amides is 1. The molecule has 3 heterocycles. The average Bonchev–Trinajstić information content (AvgIpc) is 2.94. The number of hydrogen-bond acceptors (Lipinski definition) is 4. The molecule has 22 heavy (non-hydrogen) atoms. The van der Waals surface area contributed by atoms with Crippen molar-refractivity contribution >= 4 is 5.91 Å².